The summed E-state index contributed by atoms with van der Waals surface area (Å²) >= 11 is 1.60. The van der Waals surface area contributed by atoms with E-state index in [4.69, 9.17) is 14.5 Å². The van der Waals surface area contributed by atoms with Crippen molar-refractivity contribution in [3.05, 3.63) is 11.1 Å². The average molecular weight is 357 g/mol. The highest BCUT2D eigenvalue weighted by Gasteiger charge is 2.26. The van der Waals surface area contributed by atoms with Gasteiger partial charge in [0.2, 0.25) is 0 Å². The number of anilines is 1. The smallest absolute Gasteiger partial charge is 0.254 e. The summed E-state index contributed by atoms with van der Waals surface area (Å²) in [6.07, 6.45) is 4.58. The Bertz CT molecular complexity index is 951. The molecule has 8 heteroatoms. The van der Waals surface area contributed by atoms with Crippen molar-refractivity contribution < 1.29 is 9.47 Å². The van der Waals surface area contributed by atoms with Crippen LogP contribution in [0.5, 0.6) is 5.88 Å². The van der Waals surface area contributed by atoms with Crippen molar-refractivity contribution in [3.8, 4) is 5.88 Å². The molecule has 4 heterocycles. The molecule has 0 radical (unpaired) electrons. The second-order valence-electron chi connectivity index (χ2n) is 6.46. The zero-order valence-corrected chi connectivity index (χ0v) is 14.9. The number of thiophene rings is 1. The van der Waals surface area contributed by atoms with E-state index >= 15 is 0 Å². The Labute approximate surface area is 149 Å². The molecule has 0 N–H and O–H groups in total. The molecule has 0 bridgehead atoms. The molecule has 25 heavy (non-hydrogen) atoms. The largest absolute Gasteiger partial charge is 0.479 e. The molecule has 5 rings (SSSR count). The molecule has 0 unspecified atom stereocenters. The van der Waals surface area contributed by atoms with Crippen molar-refractivity contribution in [3.63, 3.8) is 0 Å². The average Bonchev–Trinajstić information content (AvgIpc) is 3.07. The minimum Gasteiger partial charge on any atom is -0.479 e. The SMILES string of the molecule is COc1nnnc2c1sc1nc(N3CCOCC3)c3c(c12)CCCC3. The summed E-state index contributed by atoms with van der Waals surface area (Å²) in [6.45, 7) is 3.34. The van der Waals surface area contributed by atoms with E-state index in [-0.39, 0.29) is 0 Å². The van der Waals surface area contributed by atoms with Gasteiger partial charge in [0.25, 0.3) is 5.88 Å². The van der Waals surface area contributed by atoms with Gasteiger partial charge in [0.05, 0.1) is 20.3 Å². The Morgan fingerprint density at radius 1 is 1.08 bits per heavy atom. The van der Waals surface area contributed by atoms with Crippen LogP contribution in [0.3, 0.4) is 0 Å². The number of pyridine rings is 1. The number of hydrogen-bond acceptors (Lipinski definition) is 8. The van der Waals surface area contributed by atoms with Crippen molar-refractivity contribution in [2.45, 2.75) is 25.7 Å². The van der Waals surface area contributed by atoms with Crippen molar-refractivity contribution in [1.82, 2.24) is 20.4 Å². The molecule has 1 fully saturated rings. The molecular formula is C17H19N5O2S. The maximum Gasteiger partial charge on any atom is 0.254 e. The van der Waals surface area contributed by atoms with Crippen molar-refractivity contribution in [2.24, 2.45) is 0 Å². The molecule has 0 atom stereocenters. The highest BCUT2D eigenvalue weighted by molar-refractivity contribution is 7.25. The fraction of sp³-hybridized carbons (Fsp3) is 0.529. The monoisotopic (exact) mass is 357 g/mol. The fourth-order valence-corrected chi connectivity index (χ4v) is 5.02. The molecule has 130 valence electrons. The van der Waals surface area contributed by atoms with Crippen LogP contribution < -0.4 is 9.64 Å². The first-order valence-corrected chi connectivity index (χ1v) is 9.52. The van der Waals surface area contributed by atoms with E-state index in [0.717, 1.165) is 65.4 Å². The van der Waals surface area contributed by atoms with Gasteiger partial charge in [-0.05, 0) is 42.0 Å². The first kappa shape index (κ1) is 15.2. The molecule has 1 aliphatic carbocycles. The van der Waals surface area contributed by atoms with Gasteiger partial charge in [-0.25, -0.2) is 4.98 Å². The van der Waals surface area contributed by atoms with Crippen molar-refractivity contribution in [1.29, 1.82) is 0 Å². The highest BCUT2D eigenvalue weighted by Crippen LogP contribution is 2.42. The maximum absolute atomic E-state index is 5.52. The number of methoxy groups -OCH3 is 1. The molecular weight excluding hydrogens is 338 g/mol. The molecule has 0 amide bonds. The number of hydrogen-bond donors (Lipinski definition) is 0. The lowest BCUT2D eigenvalue weighted by Gasteiger charge is -2.31. The lowest BCUT2D eigenvalue weighted by atomic mass is 9.90. The Balaban J connectivity index is 1.80. The van der Waals surface area contributed by atoms with E-state index in [2.05, 4.69) is 20.3 Å². The van der Waals surface area contributed by atoms with Crippen molar-refractivity contribution in [2.75, 3.05) is 38.3 Å². The summed E-state index contributed by atoms with van der Waals surface area (Å²) in [7, 11) is 1.62. The van der Waals surface area contributed by atoms with Crippen LogP contribution in [-0.2, 0) is 17.6 Å². The Morgan fingerprint density at radius 2 is 1.88 bits per heavy atom. The molecule has 1 aliphatic heterocycles. The third-order valence-electron chi connectivity index (χ3n) is 5.09. The summed E-state index contributed by atoms with van der Waals surface area (Å²) in [5.41, 5.74) is 3.66. The molecule has 7 nitrogen and oxygen atoms in total. The lowest BCUT2D eigenvalue weighted by molar-refractivity contribution is 0.122. The van der Waals surface area contributed by atoms with E-state index in [9.17, 15) is 0 Å². The van der Waals surface area contributed by atoms with Gasteiger partial charge in [0, 0.05) is 18.5 Å². The first-order valence-electron chi connectivity index (χ1n) is 8.71. The van der Waals surface area contributed by atoms with E-state index in [1.165, 1.54) is 24.0 Å². The Hall–Kier alpha value is -2.06. The van der Waals surface area contributed by atoms with Crippen LogP contribution in [0.25, 0.3) is 20.4 Å². The predicted octanol–water partition coefficient (Wildman–Crippen LogP) is 2.36. The van der Waals surface area contributed by atoms with Gasteiger partial charge in [0.1, 0.15) is 20.9 Å². The molecule has 0 saturated carbocycles. The first-order chi connectivity index (χ1) is 12.4. The number of fused-ring (bicyclic) bond motifs is 5. The Morgan fingerprint density at radius 3 is 2.68 bits per heavy atom. The van der Waals surface area contributed by atoms with Gasteiger partial charge in [0.15, 0.2) is 0 Å². The van der Waals surface area contributed by atoms with Crippen LogP contribution in [0.1, 0.15) is 24.0 Å². The molecule has 0 aromatic carbocycles. The number of morpholine rings is 1. The Kier molecular flexibility index (Phi) is 3.67. The van der Waals surface area contributed by atoms with Gasteiger partial charge in [-0.2, -0.15) is 0 Å². The van der Waals surface area contributed by atoms with Gasteiger partial charge >= 0.3 is 0 Å². The minimum atomic E-state index is 0.533. The fourth-order valence-electron chi connectivity index (χ4n) is 3.92. The molecule has 3 aromatic heterocycles. The van der Waals surface area contributed by atoms with Crippen LogP contribution >= 0.6 is 11.3 Å². The molecule has 3 aromatic rings. The molecule has 1 saturated heterocycles. The van der Waals surface area contributed by atoms with Gasteiger partial charge in [-0.15, -0.1) is 16.4 Å². The van der Waals surface area contributed by atoms with Gasteiger partial charge in [-0.1, -0.05) is 5.10 Å². The summed E-state index contributed by atoms with van der Waals surface area (Å²) in [5, 5.41) is 13.4. The zero-order valence-electron chi connectivity index (χ0n) is 14.1. The second-order valence-corrected chi connectivity index (χ2v) is 7.46. The van der Waals surface area contributed by atoms with Crippen LogP contribution in [0.2, 0.25) is 0 Å². The number of aromatic nitrogens is 4. The molecule has 0 spiro atoms. The minimum absolute atomic E-state index is 0.533. The predicted molar refractivity (Wildman–Crippen MR) is 96.7 cm³/mol. The summed E-state index contributed by atoms with van der Waals surface area (Å²) in [4.78, 5) is 8.45. The van der Waals surface area contributed by atoms with Crippen molar-refractivity contribution >= 4 is 37.6 Å². The van der Waals surface area contributed by atoms with E-state index in [0.29, 0.717) is 5.88 Å². The maximum atomic E-state index is 5.52. The van der Waals surface area contributed by atoms with E-state index in [1.807, 2.05) is 0 Å². The van der Waals surface area contributed by atoms with Crippen LogP contribution in [-0.4, -0.2) is 53.8 Å². The van der Waals surface area contributed by atoms with Gasteiger partial charge < -0.3 is 14.4 Å². The van der Waals surface area contributed by atoms with E-state index < -0.39 is 0 Å². The quantitative estimate of drug-likeness (QED) is 0.697. The van der Waals surface area contributed by atoms with Crippen LogP contribution in [0.4, 0.5) is 5.82 Å². The topological polar surface area (TPSA) is 73.3 Å². The van der Waals surface area contributed by atoms with Crippen LogP contribution in [0.15, 0.2) is 0 Å². The zero-order chi connectivity index (χ0) is 16.8. The summed E-state index contributed by atoms with van der Waals surface area (Å²) in [6, 6.07) is 0. The number of rotatable bonds is 2. The second kappa shape index (κ2) is 6.03. The summed E-state index contributed by atoms with van der Waals surface area (Å²) < 4.78 is 11.8. The number of ether oxygens (including phenoxy) is 2. The number of aryl methyl sites for hydroxylation is 1. The number of nitrogens with zero attached hydrogens (tertiary/aromatic N) is 5. The summed E-state index contributed by atoms with van der Waals surface area (Å²) in [5.74, 6) is 1.67. The normalized spacial score (nSPS) is 17.9. The van der Waals surface area contributed by atoms with Gasteiger partial charge in [-0.3, -0.25) is 0 Å². The highest BCUT2D eigenvalue weighted by atomic mass is 32.1. The van der Waals surface area contributed by atoms with E-state index in [1.54, 1.807) is 18.4 Å². The standard InChI is InChI=1S/C17H19N5O2S/c1-23-16-14-13(19-21-20-16)12-10-4-2-3-5-11(10)15(18-17(12)25-14)22-6-8-24-9-7-22/h2-9H2,1H3. The third kappa shape index (κ3) is 2.35. The molecule has 2 aliphatic rings. The third-order valence-corrected chi connectivity index (χ3v) is 6.15. The van der Waals surface area contributed by atoms with Crippen LogP contribution in [0, 0.1) is 0 Å². The lowest BCUT2D eigenvalue weighted by Crippen LogP contribution is -2.37.